The van der Waals surface area contributed by atoms with Gasteiger partial charge in [0.05, 0.1) is 4.47 Å². The summed E-state index contributed by atoms with van der Waals surface area (Å²) in [6, 6.07) is 1.44. The molecule has 0 unspecified atom stereocenters. The van der Waals surface area contributed by atoms with Gasteiger partial charge in [0.2, 0.25) is 10.0 Å². The van der Waals surface area contributed by atoms with E-state index in [1.165, 1.54) is 0 Å². The molecule has 90 valence electrons. The molecule has 16 heavy (non-hydrogen) atoms. The molecule has 0 aliphatic heterocycles. The predicted octanol–water partition coefficient (Wildman–Crippen LogP) is 2.42. The molecule has 1 aromatic rings. The van der Waals surface area contributed by atoms with E-state index in [1.807, 2.05) is 0 Å². The van der Waals surface area contributed by atoms with Crippen molar-refractivity contribution in [3.05, 3.63) is 28.2 Å². The minimum atomic E-state index is -3.91. The van der Waals surface area contributed by atoms with Crippen LogP contribution in [0.1, 0.15) is 13.3 Å². The summed E-state index contributed by atoms with van der Waals surface area (Å²) in [5, 5.41) is 0. The van der Waals surface area contributed by atoms with Crippen LogP contribution < -0.4 is 4.72 Å². The fraction of sp³-hybridized carbons (Fsp3) is 0.333. The van der Waals surface area contributed by atoms with Crippen molar-refractivity contribution in [1.82, 2.24) is 4.72 Å². The summed E-state index contributed by atoms with van der Waals surface area (Å²) in [5.74, 6) is -1.95. The average molecular weight is 314 g/mol. The molecular weight excluding hydrogens is 304 g/mol. The third-order valence-corrected chi connectivity index (χ3v) is 3.89. The molecule has 3 nitrogen and oxygen atoms in total. The van der Waals surface area contributed by atoms with Crippen LogP contribution in [-0.2, 0) is 10.0 Å². The Morgan fingerprint density at radius 3 is 2.50 bits per heavy atom. The van der Waals surface area contributed by atoms with Crippen molar-refractivity contribution in [2.24, 2.45) is 0 Å². The first kappa shape index (κ1) is 13.5. The smallest absolute Gasteiger partial charge is 0.211 e. The summed E-state index contributed by atoms with van der Waals surface area (Å²) in [7, 11) is -3.91. The molecule has 0 aliphatic carbocycles. The lowest BCUT2D eigenvalue weighted by Crippen LogP contribution is -2.25. The van der Waals surface area contributed by atoms with E-state index >= 15 is 0 Å². The number of halogens is 3. The van der Waals surface area contributed by atoms with Crippen LogP contribution >= 0.6 is 15.9 Å². The maximum absolute atomic E-state index is 13.3. The highest BCUT2D eigenvalue weighted by Crippen LogP contribution is 2.23. The van der Waals surface area contributed by atoms with Crippen molar-refractivity contribution in [3.8, 4) is 0 Å². The number of nitrogens with one attached hydrogen (secondary N) is 1. The van der Waals surface area contributed by atoms with E-state index in [2.05, 4.69) is 20.7 Å². The zero-order chi connectivity index (χ0) is 12.3. The summed E-state index contributed by atoms with van der Waals surface area (Å²) >= 11 is 2.81. The van der Waals surface area contributed by atoms with E-state index in [1.54, 1.807) is 6.92 Å². The van der Waals surface area contributed by atoms with Crippen LogP contribution in [0, 0.1) is 11.6 Å². The average Bonchev–Trinajstić information content (AvgIpc) is 2.20. The van der Waals surface area contributed by atoms with Crippen molar-refractivity contribution >= 4 is 26.0 Å². The molecule has 0 heterocycles. The van der Waals surface area contributed by atoms with Gasteiger partial charge in [0.15, 0.2) is 0 Å². The SMILES string of the molecule is CCCNS(=O)(=O)c1cc(Br)c(F)cc1F. The highest BCUT2D eigenvalue weighted by Gasteiger charge is 2.20. The maximum Gasteiger partial charge on any atom is 0.243 e. The van der Waals surface area contributed by atoms with Gasteiger partial charge >= 0.3 is 0 Å². The van der Waals surface area contributed by atoms with E-state index in [9.17, 15) is 17.2 Å². The molecule has 0 radical (unpaired) electrons. The molecule has 0 aromatic heterocycles. The Morgan fingerprint density at radius 2 is 1.94 bits per heavy atom. The molecule has 1 N–H and O–H groups in total. The van der Waals surface area contributed by atoms with Gasteiger partial charge in [0.25, 0.3) is 0 Å². The van der Waals surface area contributed by atoms with Crippen molar-refractivity contribution in [3.63, 3.8) is 0 Å². The van der Waals surface area contributed by atoms with Crippen molar-refractivity contribution in [2.45, 2.75) is 18.2 Å². The Kier molecular flexibility index (Phi) is 4.40. The minimum Gasteiger partial charge on any atom is -0.211 e. The molecule has 0 saturated heterocycles. The number of benzene rings is 1. The van der Waals surface area contributed by atoms with Crippen LogP contribution in [0.2, 0.25) is 0 Å². The van der Waals surface area contributed by atoms with Crippen LogP contribution in [0.3, 0.4) is 0 Å². The first-order valence-electron chi connectivity index (χ1n) is 4.52. The molecule has 7 heteroatoms. The van der Waals surface area contributed by atoms with Crippen molar-refractivity contribution in [2.75, 3.05) is 6.54 Å². The van der Waals surface area contributed by atoms with Crippen LogP contribution in [-0.4, -0.2) is 15.0 Å². The van der Waals surface area contributed by atoms with Crippen LogP contribution in [0.25, 0.3) is 0 Å². The quantitative estimate of drug-likeness (QED) is 0.868. The molecule has 0 aliphatic rings. The van der Waals surface area contributed by atoms with Gasteiger partial charge in [-0.25, -0.2) is 21.9 Å². The summed E-state index contributed by atoms with van der Waals surface area (Å²) < 4.78 is 51.4. The maximum atomic E-state index is 13.3. The van der Waals surface area contributed by atoms with E-state index in [4.69, 9.17) is 0 Å². The molecule has 0 amide bonds. The van der Waals surface area contributed by atoms with Gasteiger partial charge < -0.3 is 0 Å². The van der Waals surface area contributed by atoms with Crippen molar-refractivity contribution in [1.29, 1.82) is 0 Å². The van der Waals surface area contributed by atoms with Crippen LogP contribution in [0.15, 0.2) is 21.5 Å². The Hall–Kier alpha value is -0.530. The second-order valence-corrected chi connectivity index (χ2v) is 5.68. The molecule has 0 atom stereocenters. The van der Waals surface area contributed by atoms with Gasteiger partial charge in [-0.15, -0.1) is 0 Å². The highest BCUT2D eigenvalue weighted by atomic mass is 79.9. The predicted molar refractivity (Wildman–Crippen MR) is 59.5 cm³/mol. The Bertz CT molecular complexity index is 491. The normalized spacial score (nSPS) is 11.8. The summed E-state index contributed by atoms with van der Waals surface area (Å²) in [6.45, 7) is 1.98. The monoisotopic (exact) mass is 313 g/mol. The fourth-order valence-electron chi connectivity index (χ4n) is 1.02. The lowest BCUT2D eigenvalue weighted by Gasteiger charge is -2.07. The molecule has 0 spiro atoms. The second-order valence-electron chi connectivity index (χ2n) is 3.09. The molecule has 0 fully saturated rings. The third kappa shape index (κ3) is 2.99. The van der Waals surface area contributed by atoms with Crippen LogP contribution in [0.5, 0.6) is 0 Å². The first-order valence-corrected chi connectivity index (χ1v) is 6.80. The number of hydrogen-bond donors (Lipinski definition) is 1. The third-order valence-electron chi connectivity index (χ3n) is 1.81. The molecule has 1 rings (SSSR count). The Balaban J connectivity index is 3.18. The standard InChI is InChI=1S/C9H10BrF2NO2S/c1-2-3-13-16(14,15)9-4-6(10)7(11)5-8(9)12/h4-5,13H,2-3H2,1H3. The topological polar surface area (TPSA) is 46.2 Å². The largest absolute Gasteiger partial charge is 0.243 e. The van der Waals surface area contributed by atoms with Crippen LogP contribution in [0.4, 0.5) is 8.78 Å². The Labute approximate surface area is 101 Å². The molecule has 0 saturated carbocycles. The van der Waals surface area contributed by atoms with E-state index in [-0.39, 0.29) is 11.0 Å². The molecule has 1 aromatic carbocycles. The van der Waals surface area contributed by atoms with Gasteiger partial charge in [-0.2, -0.15) is 0 Å². The zero-order valence-corrected chi connectivity index (χ0v) is 10.8. The Morgan fingerprint density at radius 1 is 1.31 bits per heavy atom. The van der Waals surface area contributed by atoms with Gasteiger partial charge in [-0.05, 0) is 28.4 Å². The first-order chi connectivity index (χ1) is 7.38. The highest BCUT2D eigenvalue weighted by molar-refractivity contribution is 9.10. The lowest BCUT2D eigenvalue weighted by molar-refractivity contribution is 0.540. The van der Waals surface area contributed by atoms with Gasteiger partial charge in [0, 0.05) is 12.6 Å². The number of rotatable bonds is 4. The summed E-state index contributed by atoms with van der Waals surface area (Å²) in [6.07, 6.45) is 0.587. The van der Waals surface area contributed by atoms with E-state index < -0.39 is 26.6 Å². The summed E-state index contributed by atoms with van der Waals surface area (Å²) in [5.41, 5.74) is 0. The van der Waals surface area contributed by atoms with E-state index in [0.29, 0.717) is 12.5 Å². The van der Waals surface area contributed by atoms with Gasteiger partial charge in [-0.3, -0.25) is 0 Å². The van der Waals surface area contributed by atoms with Crippen molar-refractivity contribution < 1.29 is 17.2 Å². The minimum absolute atomic E-state index is 0.0919. The van der Waals surface area contributed by atoms with Gasteiger partial charge in [0.1, 0.15) is 16.5 Å². The second kappa shape index (κ2) is 5.20. The molecular formula is C9H10BrF2NO2S. The molecule has 0 bridgehead atoms. The fourth-order valence-corrected chi connectivity index (χ4v) is 2.74. The van der Waals surface area contributed by atoms with E-state index in [0.717, 1.165) is 6.07 Å². The van der Waals surface area contributed by atoms with Gasteiger partial charge in [-0.1, -0.05) is 6.92 Å². The number of sulfonamides is 1. The lowest BCUT2D eigenvalue weighted by atomic mass is 10.3. The summed E-state index contributed by atoms with van der Waals surface area (Å²) in [4.78, 5) is -0.561. The zero-order valence-electron chi connectivity index (χ0n) is 8.43. The number of hydrogen-bond acceptors (Lipinski definition) is 2.